The fourth-order valence-electron chi connectivity index (χ4n) is 1.04. The van der Waals surface area contributed by atoms with E-state index in [1.165, 1.54) is 11.1 Å². The average Bonchev–Trinajstić information content (AvgIpc) is 2.19. The highest BCUT2D eigenvalue weighted by Gasteiger charge is 1.90. The third kappa shape index (κ3) is 2.76. The Bertz CT molecular complexity index is 338. The van der Waals surface area contributed by atoms with Gasteiger partial charge in [0.15, 0.2) is 0 Å². The van der Waals surface area contributed by atoms with Crippen LogP contribution in [0.5, 0.6) is 0 Å². The second kappa shape index (κ2) is 4.47. The van der Waals surface area contributed by atoms with Crippen molar-refractivity contribution in [3.05, 3.63) is 41.0 Å². The lowest BCUT2D eigenvalue weighted by atomic mass is 10.1. The molecule has 0 aliphatic rings. The fraction of sp³-hybridized carbons (Fsp3) is 0.250. The molecule has 0 bridgehead atoms. The van der Waals surface area contributed by atoms with Crippen LogP contribution >= 0.6 is 0 Å². The highest BCUT2D eigenvalue weighted by Crippen LogP contribution is 2.09. The van der Waals surface area contributed by atoms with E-state index >= 15 is 0 Å². The highest BCUT2D eigenvalue weighted by atomic mass is 14.2. The van der Waals surface area contributed by atoms with Gasteiger partial charge in [0, 0.05) is 0 Å². The molecule has 0 aromatic heterocycles. The molecule has 0 saturated carbocycles. The molecule has 0 aliphatic carbocycles. The van der Waals surface area contributed by atoms with E-state index in [0.717, 1.165) is 6.42 Å². The molecule has 0 atom stereocenters. The monoisotopic (exact) mass is 171 g/mol. The van der Waals surface area contributed by atoms with Crippen molar-refractivity contribution >= 4 is 6.08 Å². The van der Waals surface area contributed by atoms with Crippen LogP contribution in [-0.4, -0.2) is 0 Å². The summed E-state index contributed by atoms with van der Waals surface area (Å²) in [6.07, 6.45) is 3.21. The topological polar surface area (TPSA) is 23.8 Å². The van der Waals surface area contributed by atoms with Crippen LogP contribution in [0, 0.1) is 11.3 Å². The lowest BCUT2D eigenvalue weighted by molar-refractivity contribution is 1.11. The van der Waals surface area contributed by atoms with Crippen LogP contribution in [0.2, 0.25) is 0 Å². The van der Waals surface area contributed by atoms with Crippen molar-refractivity contribution in [1.82, 2.24) is 0 Å². The van der Waals surface area contributed by atoms with Crippen LogP contribution in [0.25, 0.3) is 6.08 Å². The van der Waals surface area contributed by atoms with Crippen LogP contribution in [0.4, 0.5) is 0 Å². The molecular weight excluding hydrogens is 158 g/mol. The zero-order chi connectivity index (χ0) is 9.68. The van der Waals surface area contributed by atoms with Gasteiger partial charge in [0.1, 0.15) is 0 Å². The minimum atomic E-state index is 0.714. The van der Waals surface area contributed by atoms with E-state index in [9.17, 15) is 0 Å². The third-order valence-corrected chi connectivity index (χ3v) is 2.01. The Kier molecular flexibility index (Phi) is 3.28. The number of nitriles is 1. The van der Waals surface area contributed by atoms with Crippen molar-refractivity contribution in [3.8, 4) is 6.07 Å². The minimum absolute atomic E-state index is 0.714. The Morgan fingerprint density at radius 1 is 1.38 bits per heavy atom. The van der Waals surface area contributed by atoms with E-state index in [0.29, 0.717) is 5.56 Å². The SMILES string of the molecule is CC/C(C)=C/c1ccc(C#N)cc1. The Morgan fingerprint density at radius 2 is 2.00 bits per heavy atom. The minimum Gasteiger partial charge on any atom is -0.192 e. The molecule has 0 aliphatic heterocycles. The molecule has 0 unspecified atom stereocenters. The lowest BCUT2D eigenvalue weighted by Gasteiger charge is -1.96. The van der Waals surface area contributed by atoms with Gasteiger partial charge in [0.2, 0.25) is 0 Å². The quantitative estimate of drug-likeness (QED) is 0.669. The van der Waals surface area contributed by atoms with Crippen molar-refractivity contribution in [2.75, 3.05) is 0 Å². The van der Waals surface area contributed by atoms with E-state index in [4.69, 9.17) is 5.26 Å². The van der Waals surface area contributed by atoms with E-state index in [-0.39, 0.29) is 0 Å². The number of allylic oxidation sites excluding steroid dienone is 1. The molecule has 1 aromatic carbocycles. The molecule has 0 spiro atoms. The number of hydrogen-bond acceptors (Lipinski definition) is 1. The zero-order valence-electron chi connectivity index (χ0n) is 8.04. The summed E-state index contributed by atoms with van der Waals surface area (Å²) >= 11 is 0. The highest BCUT2D eigenvalue weighted by molar-refractivity contribution is 5.53. The molecule has 0 heterocycles. The summed E-state index contributed by atoms with van der Waals surface area (Å²) in [5.74, 6) is 0. The molecule has 13 heavy (non-hydrogen) atoms. The Labute approximate surface area is 79.3 Å². The maximum Gasteiger partial charge on any atom is 0.0991 e. The predicted octanol–water partition coefficient (Wildman–Crippen LogP) is 3.37. The standard InChI is InChI=1S/C12H13N/c1-3-10(2)8-11-4-6-12(9-13)7-5-11/h4-8H,3H2,1-2H3/b10-8+. The summed E-state index contributed by atoms with van der Waals surface area (Å²) in [7, 11) is 0. The van der Waals surface area contributed by atoms with Gasteiger partial charge in [-0.25, -0.2) is 0 Å². The Morgan fingerprint density at radius 3 is 2.46 bits per heavy atom. The van der Waals surface area contributed by atoms with Gasteiger partial charge in [-0.1, -0.05) is 30.7 Å². The van der Waals surface area contributed by atoms with E-state index < -0.39 is 0 Å². The Balaban J connectivity index is 2.88. The van der Waals surface area contributed by atoms with Gasteiger partial charge in [0.05, 0.1) is 11.6 Å². The molecule has 1 nitrogen and oxygen atoms in total. The fourth-order valence-corrected chi connectivity index (χ4v) is 1.04. The molecule has 1 heteroatoms. The third-order valence-electron chi connectivity index (χ3n) is 2.01. The lowest BCUT2D eigenvalue weighted by Crippen LogP contribution is -1.77. The summed E-state index contributed by atoms with van der Waals surface area (Å²) < 4.78 is 0. The van der Waals surface area contributed by atoms with Crippen LogP contribution in [0.15, 0.2) is 29.8 Å². The molecule has 0 amide bonds. The number of hydrogen-bond donors (Lipinski definition) is 0. The molecule has 66 valence electrons. The zero-order valence-corrected chi connectivity index (χ0v) is 8.04. The van der Waals surface area contributed by atoms with E-state index in [2.05, 4.69) is 26.0 Å². The van der Waals surface area contributed by atoms with Crippen LogP contribution in [0.3, 0.4) is 0 Å². The van der Waals surface area contributed by atoms with E-state index in [1.54, 1.807) is 0 Å². The predicted molar refractivity (Wildman–Crippen MR) is 55.1 cm³/mol. The first kappa shape index (κ1) is 9.54. The first-order valence-electron chi connectivity index (χ1n) is 4.43. The smallest absolute Gasteiger partial charge is 0.0991 e. The molecule has 1 aromatic rings. The van der Waals surface area contributed by atoms with E-state index in [1.807, 2.05) is 24.3 Å². The van der Waals surface area contributed by atoms with Gasteiger partial charge in [-0.15, -0.1) is 0 Å². The van der Waals surface area contributed by atoms with Crippen LogP contribution < -0.4 is 0 Å². The second-order valence-electron chi connectivity index (χ2n) is 3.08. The first-order chi connectivity index (χ1) is 6.26. The van der Waals surface area contributed by atoms with Crippen LogP contribution in [-0.2, 0) is 0 Å². The number of nitrogens with zero attached hydrogens (tertiary/aromatic N) is 1. The number of benzene rings is 1. The molecule has 0 saturated heterocycles. The summed E-state index contributed by atoms with van der Waals surface area (Å²) in [6, 6.07) is 9.72. The van der Waals surface area contributed by atoms with Crippen molar-refractivity contribution in [2.45, 2.75) is 20.3 Å². The normalized spacial score (nSPS) is 11.0. The van der Waals surface area contributed by atoms with Crippen molar-refractivity contribution in [1.29, 1.82) is 5.26 Å². The maximum absolute atomic E-state index is 8.59. The summed E-state index contributed by atoms with van der Waals surface area (Å²) in [4.78, 5) is 0. The van der Waals surface area contributed by atoms with Crippen molar-refractivity contribution in [3.63, 3.8) is 0 Å². The van der Waals surface area contributed by atoms with Crippen molar-refractivity contribution < 1.29 is 0 Å². The van der Waals surface area contributed by atoms with Gasteiger partial charge in [0.25, 0.3) is 0 Å². The Hall–Kier alpha value is -1.55. The maximum atomic E-state index is 8.59. The largest absolute Gasteiger partial charge is 0.192 e. The average molecular weight is 171 g/mol. The second-order valence-corrected chi connectivity index (χ2v) is 3.08. The van der Waals surface area contributed by atoms with Gasteiger partial charge in [-0.2, -0.15) is 5.26 Å². The van der Waals surface area contributed by atoms with Crippen molar-refractivity contribution in [2.24, 2.45) is 0 Å². The molecule has 1 rings (SSSR count). The molecular formula is C12H13N. The summed E-state index contributed by atoms with van der Waals surface area (Å²) in [5, 5.41) is 8.59. The van der Waals surface area contributed by atoms with Crippen LogP contribution in [0.1, 0.15) is 31.4 Å². The summed E-state index contributed by atoms with van der Waals surface area (Å²) in [6.45, 7) is 4.24. The molecule has 0 N–H and O–H groups in total. The molecule has 0 fully saturated rings. The van der Waals surface area contributed by atoms with Gasteiger partial charge < -0.3 is 0 Å². The van der Waals surface area contributed by atoms with Gasteiger partial charge in [-0.3, -0.25) is 0 Å². The summed E-state index contributed by atoms with van der Waals surface area (Å²) in [5.41, 5.74) is 3.23. The number of rotatable bonds is 2. The molecule has 0 radical (unpaired) electrons. The van der Waals surface area contributed by atoms with Gasteiger partial charge in [-0.05, 0) is 31.0 Å². The van der Waals surface area contributed by atoms with Gasteiger partial charge >= 0.3 is 0 Å². The first-order valence-corrected chi connectivity index (χ1v) is 4.43.